The van der Waals surface area contributed by atoms with Crippen molar-refractivity contribution in [2.24, 2.45) is 0 Å². The molecule has 0 bridgehead atoms. The van der Waals surface area contributed by atoms with Gasteiger partial charge in [-0.1, -0.05) is 55.4 Å². The topological polar surface area (TPSA) is 84.3 Å². The molecule has 1 amide bonds. The van der Waals surface area contributed by atoms with Gasteiger partial charge in [-0.3, -0.25) is 4.79 Å². The number of hydrogen-bond acceptors (Lipinski definition) is 5. The van der Waals surface area contributed by atoms with Gasteiger partial charge >= 0.3 is 0 Å². The fourth-order valence-corrected chi connectivity index (χ4v) is 5.24. The molecule has 0 unspecified atom stereocenters. The van der Waals surface area contributed by atoms with Crippen LogP contribution in [0.25, 0.3) is 11.0 Å². The van der Waals surface area contributed by atoms with E-state index in [0.717, 1.165) is 42.9 Å². The van der Waals surface area contributed by atoms with Gasteiger partial charge in [0.1, 0.15) is 0 Å². The zero-order chi connectivity index (χ0) is 23.8. The highest BCUT2D eigenvalue weighted by Gasteiger charge is 2.20. The molecule has 3 rings (SSSR count). The van der Waals surface area contributed by atoms with Gasteiger partial charge in [0.25, 0.3) is 0 Å². The monoisotopic (exact) mass is 488 g/mol. The minimum atomic E-state index is -3.53. The molecule has 2 aromatic carbocycles. The number of unbranched alkanes of at least 4 members (excludes halogenated alkanes) is 1. The first kappa shape index (κ1) is 25.3. The van der Waals surface area contributed by atoms with E-state index in [1.165, 1.54) is 35.7 Å². The zero-order valence-corrected chi connectivity index (χ0v) is 21.1. The number of rotatable bonds is 12. The van der Waals surface area contributed by atoms with Gasteiger partial charge in [-0.05, 0) is 43.0 Å². The van der Waals surface area contributed by atoms with Crippen molar-refractivity contribution in [1.29, 1.82) is 0 Å². The van der Waals surface area contributed by atoms with E-state index in [-0.39, 0.29) is 16.6 Å². The highest BCUT2D eigenvalue weighted by Crippen LogP contribution is 2.27. The molecule has 1 N–H and O–H groups in total. The van der Waals surface area contributed by atoms with Crippen molar-refractivity contribution < 1.29 is 13.2 Å². The highest BCUT2D eigenvalue weighted by molar-refractivity contribution is 7.99. The third kappa shape index (κ3) is 6.59. The van der Waals surface area contributed by atoms with Crippen LogP contribution in [0.3, 0.4) is 0 Å². The molecule has 0 aliphatic heterocycles. The molecule has 7 nitrogen and oxygen atoms in total. The first-order chi connectivity index (χ1) is 15.8. The Balaban J connectivity index is 1.65. The van der Waals surface area contributed by atoms with Gasteiger partial charge < -0.3 is 9.88 Å². The molecule has 0 atom stereocenters. The molecule has 3 aromatic rings. The number of benzene rings is 2. The van der Waals surface area contributed by atoms with Gasteiger partial charge in [0.2, 0.25) is 15.9 Å². The van der Waals surface area contributed by atoms with Crippen molar-refractivity contribution in [1.82, 2.24) is 19.2 Å². The van der Waals surface area contributed by atoms with Crippen LogP contribution < -0.4 is 5.32 Å². The van der Waals surface area contributed by atoms with E-state index in [1.54, 1.807) is 12.1 Å². The van der Waals surface area contributed by atoms with Gasteiger partial charge in [-0.2, -0.15) is 0 Å². The summed E-state index contributed by atoms with van der Waals surface area (Å²) >= 11 is 1.39. The zero-order valence-electron chi connectivity index (χ0n) is 19.5. The molecule has 1 heterocycles. The Kier molecular flexibility index (Phi) is 8.94. The quantitative estimate of drug-likeness (QED) is 0.308. The van der Waals surface area contributed by atoms with Crippen molar-refractivity contribution in [3.8, 4) is 0 Å². The molecular weight excluding hydrogens is 456 g/mol. The van der Waals surface area contributed by atoms with Crippen molar-refractivity contribution in [2.75, 3.05) is 26.4 Å². The summed E-state index contributed by atoms with van der Waals surface area (Å²) in [5.41, 5.74) is 2.77. The maximum Gasteiger partial charge on any atom is 0.242 e. The third-order valence-electron chi connectivity index (χ3n) is 5.34. The van der Waals surface area contributed by atoms with Gasteiger partial charge in [0.05, 0.1) is 21.7 Å². The number of hydrogen-bond donors (Lipinski definition) is 1. The number of carbonyl (C=O) groups excluding carboxylic acids is 1. The number of aryl methyl sites for hydroxylation is 2. The Bertz CT molecular complexity index is 1180. The van der Waals surface area contributed by atoms with Gasteiger partial charge in [-0.15, -0.1) is 0 Å². The molecule has 0 aliphatic rings. The molecule has 178 valence electrons. The molecule has 0 radical (unpaired) electrons. The highest BCUT2D eigenvalue weighted by atomic mass is 32.2. The summed E-state index contributed by atoms with van der Waals surface area (Å²) < 4.78 is 28.3. The van der Waals surface area contributed by atoms with Crippen LogP contribution in [-0.2, 0) is 27.8 Å². The molecule has 0 aliphatic carbocycles. The second-order valence-electron chi connectivity index (χ2n) is 8.07. The third-order valence-corrected chi connectivity index (χ3v) is 8.13. The number of nitrogens with one attached hydrogen (secondary N) is 1. The standard InChI is InChI=1S/C24H32N4O3S2/c1-4-5-16-28-22-14-13-20(33(30,31)27(2)3)17-21(22)26-24(28)32-18-23(29)25-15-9-12-19-10-7-6-8-11-19/h6-8,10-11,13-14,17H,4-5,9,12,15-16,18H2,1-3H3,(H,25,29). The van der Waals surface area contributed by atoms with Crippen molar-refractivity contribution in [2.45, 2.75) is 49.2 Å². The van der Waals surface area contributed by atoms with E-state index in [0.29, 0.717) is 12.1 Å². The minimum absolute atomic E-state index is 0.0296. The van der Waals surface area contributed by atoms with Crippen LogP contribution in [0.15, 0.2) is 58.6 Å². The Hall–Kier alpha value is -2.36. The number of nitrogens with zero attached hydrogens (tertiary/aromatic N) is 3. The van der Waals surface area contributed by atoms with Gasteiger partial charge in [-0.25, -0.2) is 17.7 Å². The van der Waals surface area contributed by atoms with Crippen LogP contribution in [0.4, 0.5) is 0 Å². The summed E-state index contributed by atoms with van der Waals surface area (Å²) in [7, 11) is -0.508. The smallest absolute Gasteiger partial charge is 0.242 e. The summed E-state index contributed by atoms with van der Waals surface area (Å²) in [6, 6.07) is 15.3. The summed E-state index contributed by atoms with van der Waals surface area (Å²) in [5, 5.41) is 3.71. The first-order valence-corrected chi connectivity index (χ1v) is 13.6. The number of thioether (sulfide) groups is 1. The Morgan fingerprint density at radius 1 is 1.12 bits per heavy atom. The maximum absolute atomic E-state index is 12.5. The number of amides is 1. The minimum Gasteiger partial charge on any atom is -0.355 e. The van der Waals surface area contributed by atoms with E-state index >= 15 is 0 Å². The van der Waals surface area contributed by atoms with Crippen LogP contribution >= 0.6 is 11.8 Å². The van der Waals surface area contributed by atoms with Crippen LogP contribution in [0.1, 0.15) is 31.7 Å². The van der Waals surface area contributed by atoms with E-state index in [4.69, 9.17) is 0 Å². The van der Waals surface area contributed by atoms with Crippen molar-refractivity contribution in [3.63, 3.8) is 0 Å². The summed E-state index contributed by atoms with van der Waals surface area (Å²) in [6.07, 6.45) is 3.82. The fourth-order valence-electron chi connectivity index (χ4n) is 3.45. The SMILES string of the molecule is CCCCn1c(SCC(=O)NCCCc2ccccc2)nc2cc(S(=O)(=O)N(C)C)ccc21. The maximum atomic E-state index is 12.5. The Morgan fingerprint density at radius 3 is 2.58 bits per heavy atom. The first-order valence-electron chi connectivity index (χ1n) is 11.2. The number of imidazole rings is 1. The second-order valence-corrected chi connectivity index (χ2v) is 11.2. The lowest BCUT2D eigenvalue weighted by Gasteiger charge is -2.11. The van der Waals surface area contributed by atoms with Crippen LogP contribution in [-0.4, -0.2) is 54.6 Å². The van der Waals surface area contributed by atoms with E-state index in [1.807, 2.05) is 24.3 Å². The summed E-state index contributed by atoms with van der Waals surface area (Å²) in [4.78, 5) is 17.3. The molecule has 1 aromatic heterocycles. The van der Waals surface area contributed by atoms with Gasteiger partial charge in [0.15, 0.2) is 5.16 Å². The van der Waals surface area contributed by atoms with Crippen LogP contribution in [0.5, 0.6) is 0 Å². The summed E-state index contributed by atoms with van der Waals surface area (Å²) in [6.45, 7) is 3.52. The molecule has 0 saturated heterocycles. The number of sulfonamides is 1. The van der Waals surface area contributed by atoms with E-state index < -0.39 is 10.0 Å². The van der Waals surface area contributed by atoms with Crippen LogP contribution in [0, 0.1) is 0 Å². The summed E-state index contributed by atoms with van der Waals surface area (Å²) in [5.74, 6) is 0.238. The molecule has 0 fully saturated rings. The lowest BCUT2D eigenvalue weighted by Crippen LogP contribution is -2.26. The molecule has 0 spiro atoms. The van der Waals surface area contributed by atoms with Crippen molar-refractivity contribution in [3.05, 3.63) is 54.1 Å². The lowest BCUT2D eigenvalue weighted by molar-refractivity contribution is -0.118. The fraction of sp³-hybridized carbons (Fsp3) is 0.417. The number of carbonyl (C=O) groups is 1. The largest absolute Gasteiger partial charge is 0.355 e. The average molecular weight is 489 g/mol. The number of aromatic nitrogens is 2. The van der Waals surface area contributed by atoms with Crippen LogP contribution in [0.2, 0.25) is 0 Å². The molecular formula is C24H32N4O3S2. The van der Waals surface area contributed by atoms with Gasteiger partial charge in [0, 0.05) is 27.2 Å². The van der Waals surface area contributed by atoms with E-state index in [2.05, 4.69) is 33.9 Å². The van der Waals surface area contributed by atoms with Crippen molar-refractivity contribution >= 4 is 38.7 Å². The predicted octanol–water partition coefficient (Wildman–Crippen LogP) is 3.93. The molecule has 9 heteroatoms. The molecule has 0 saturated carbocycles. The molecule has 33 heavy (non-hydrogen) atoms. The normalized spacial score (nSPS) is 11.9. The lowest BCUT2D eigenvalue weighted by atomic mass is 10.1. The second kappa shape index (κ2) is 11.7. The Morgan fingerprint density at radius 2 is 1.88 bits per heavy atom. The Labute approximate surface area is 200 Å². The average Bonchev–Trinajstić information content (AvgIpc) is 3.16. The van der Waals surface area contributed by atoms with E-state index in [9.17, 15) is 13.2 Å². The number of fused-ring (bicyclic) bond motifs is 1. The predicted molar refractivity (Wildman–Crippen MR) is 134 cm³/mol.